The quantitative estimate of drug-likeness (QED) is 0.352. The van der Waals surface area contributed by atoms with Crippen LogP contribution in [0.1, 0.15) is 30.4 Å². The van der Waals surface area contributed by atoms with Gasteiger partial charge in [-0.3, -0.25) is 4.79 Å². The van der Waals surface area contributed by atoms with Gasteiger partial charge in [0.15, 0.2) is 0 Å². The molecule has 120 valence electrons. The standard InChI is InChI=1S/C21H24O2/c1-11-3-6-16(7-12(11)2)23-21(22)18-10-15-9-17(18)20-14-5-4-13(8-14)19(15)20/h3-7,13-15,17-20H,8-10H2,1-2H3. The Labute approximate surface area is 137 Å². The Balaban J connectivity index is 1.34. The Morgan fingerprint density at radius 3 is 2.57 bits per heavy atom. The van der Waals surface area contributed by atoms with Crippen molar-refractivity contribution in [3.8, 4) is 5.75 Å². The van der Waals surface area contributed by atoms with E-state index in [-0.39, 0.29) is 11.9 Å². The fraction of sp³-hybridized carbons (Fsp3) is 0.571. The molecule has 23 heavy (non-hydrogen) atoms. The SMILES string of the molecule is Cc1ccc(OC(=O)C2CC3CC2C2C4C=CC(C4)C32)cc1C. The highest BCUT2D eigenvalue weighted by Crippen LogP contribution is 2.67. The lowest BCUT2D eigenvalue weighted by atomic mass is 9.69. The monoisotopic (exact) mass is 308 g/mol. The number of hydrogen-bond donors (Lipinski definition) is 0. The topological polar surface area (TPSA) is 26.3 Å². The van der Waals surface area contributed by atoms with E-state index in [4.69, 9.17) is 4.74 Å². The molecule has 0 radical (unpaired) electrons. The second kappa shape index (κ2) is 4.72. The molecular weight excluding hydrogens is 284 g/mol. The van der Waals surface area contributed by atoms with Gasteiger partial charge in [0.05, 0.1) is 5.92 Å². The molecule has 2 heteroatoms. The van der Waals surface area contributed by atoms with Crippen LogP contribution in [0.25, 0.3) is 0 Å². The van der Waals surface area contributed by atoms with Gasteiger partial charge in [-0.25, -0.2) is 0 Å². The number of fused-ring (bicyclic) bond motifs is 9. The van der Waals surface area contributed by atoms with Crippen LogP contribution < -0.4 is 4.74 Å². The number of ether oxygens (including phenoxy) is 1. The number of esters is 1. The van der Waals surface area contributed by atoms with Gasteiger partial charge in [0.2, 0.25) is 0 Å². The highest BCUT2D eigenvalue weighted by molar-refractivity contribution is 5.76. The van der Waals surface area contributed by atoms with Crippen LogP contribution in [0.2, 0.25) is 0 Å². The van der Waals surface area contributed by atoms with Crippen LogP contribution >= 0.6 is 0 Å². The lowest BCUT2D eigenvalue weighted by Gasteiger charge is -2.35. The van der Waals surface area contributed by atoms with Crippen molar-refractivity contribution < 1.29 is 9.53 Å². The van der Waals surface area contributed by atoms with Gasteiger partial charge in [0.1, 0.15) is 5.75 Å². The number of allylic oxidation sites excluding steroid dienone is 2. The summed E-state index contributed by atoms with van der Waals surface area (Å²) in [6.45, 7) is 4.15. The van der Waals surface area contributed by atoms with Gasteiger partial charge in [-0.05, 0) is 91.9 Å². The summed E-state index contributed by atoms with van der Waals surface area (Å²) in [4.78, 5) is 12.8. The van der Waals surface area contributed by atoms with Crippen LogP contribution in [0.5, 0.6) is 5.75 Å². The second-order valence-electron chi connectivity index (χ2n) is 8.27. The summed E-state index contributed by atoms with van der Waals surface area (Å²) >= 11 is 0. The van der Waals surface area contributed by atoms with Gasteiger partial charge < -0.3 is 4.74 Å². The van der Waals surface area contributed by atoms with Crippen molar-refractivity contribution in [3.63, 3.8) is 0 Å². The van der Waals surface area contributed by atoms with Crippen molar-refractivity contribution in [1.29, 1.82) is 0 Å². The summed E-state index contributed by atoms with van der Waals surface area (Å²) in [6, 6.07) is 5.95. The number of aryl methyl sites for hydroxylation is 2. The van der Waals surface area contributed by atoms with Crippen molar-refractivity contribution in [2.24, 2.45) is 41.4 Å². The predicted molar refractivity (Wildman–Crippen MR) is 89.0 cm³/mol. The average Bonchev–Trinajstić information content (AvgIpc) is 3.28. The van der Waals surface area contributed by atoms with Gasteiger partial charge in [0.25, 0.3) is 0 Å². The smallest absolute Gasteiger partial charge is 0.314 e. The molecule has 0 saturated heterocycles. The molecule has 0 aliphatic heterocycles. The molecule has 7 atom stereocenters. The molecule has 5 rings (SSSR count). The molecule has 7 unspecified atom stereocenters. The molecule has 3 saturated carbocycles. The molecule has 0 spiro atoms. The van der Waals surface area contributed by atoms with Crippen molar-refractivity contribution in [2.45, 2.75) is 33.1 Å². The molecule has 4 aliphatic carbocycles. The normalized spacial score (nSPS) is 42.3. The number of carbonyl (C=O) groups excluding carboxylic acids is 1. The number of carbonyl (C=O) groups is 1. The largest absolute Gasteiger partial charge is 0.426 e. The van der Waals surface area contributed by atoms with Crippen LogP contribution in [0.3, 0.4) is 0 Å². The first-order chi connectivity index (χ1) is 11.1. The molecule has 3 fully saturated rings. The van der Waals surface area contributed by atoms with Crippen LogP contribution in [0, 0.1) is 55.3 Å². The zero-order chi connectivity index (χ0) is 15.7. The highest BCUT2D eigenvalue weighted by Gasteiger charge is 2.62. The summed E-state index contributed by atoms with van der Waals surface area (Å²) in [5.74, 6) is 5.41. The van der Waals surface area contributed by atoms with E-state index >= 15 is 0 Å². The van der Waals surface area contributed by atoms with Gasteiger partial charge in [0, 0.05) is 0 Å². The third kappa shape index (κ3) is 1.90. The molecule has 0 amide bonds. The first kappa shape index (κ1) is 13.8. The first-order valence-electron chi connectivity index (χ1n) is 9.09. The van der Waals surface area contributed by atoms with Crippen molar-refractivity contribution in [1.82, 2.24) is 0 Å². The summed E-state index contributed by atoms with van der Waals surface area (Å²) in [7, 11) is 0. The van der Waals surface area contributed by atoms with E-state index in [1.54, 1.807) is 0 Å². The number of rotatable bonds is 2. The minimum Gasteiger partial charge on any atom is -0.426 e. The van der Waals surface area contributed by atoms with E-state index in [1.165, 1.54) is 24.0 Å². The Bertz CT molecular complexity index is 704. The molecule has 4 bridgehead atoms. The van der Waals surface area contributed by atoms with Crippen LogP contribution in [-0.2, 0) is 4.79 Å². The Morgan fingerprint density at radius 1 is 1.00 bits per heavy atom. The first-order valence-corrected chi connectivity index (χ1v) is 9.09. The zero-order valence-corrected chi connectivity index (χ0v) is 13.9. The van der Waals surface area contributed by atoms with E-state index in [0.717, 1.165) is 36.0 Å². The summed E-state index contributed by atoms with van der Waals surface area (Å²) in [5, 5.41) is 0. The van der Waals surface area contributed by atoms with Crippen molar-refractivity contribution in [3.05, 3.63) is 41.5 Å². The fourth-order valence-electron chi connectivity index (χ4n) is 6.26. The molecule has 2 nitrogen and oxygen atoms in total. The van der Waals surface area contributed by atoms with Gasteiger partial charge in [-0.2, -0.15) is 0 Å². The minimum atomic E-state index is 0.0194. The molecule has 0 N–H and O–H groups in total. The predicted octanol–water partition coefficient (Wildman–Crippen LogP) is 4.30. The lowest BCUT2D eigenvalue weighted by Crippen LogP contribution is -2.36. The van der Waals surface area contributed by atoms with Crippen molar-refractivity contribution >= 4 is 5.97 Å². The van der Waals surface area contributed by atoms with Gasteiger partial charge >= 0.3 is 5.97 Å². The number of benzene rings is 1. The van der Waals surface area contributed by atoms with E-state index in [2.05, 4.69) is 26.0 Å². The third-order valence-corrected chi connectivity index (χ3v) is 7.27. The number of hydrogen-bond acceptors (Lipinski definition) is 2. The van der Waals surface area contributed by atoms with E-state index in [1.807, 2.05) is 18.2 Å². The third-order valence-electron chi connectivity index (χ3n) is 7.27. The maximum Gasteiger partial charge on any atom is 0.314 e. The van der Waals surface area contributed by atoms with Gasteiger partial charge in [-0.15, -0.1) is 0 Å². The Morgan fingerprint density at radius 2 is 1.78 bits per heavy atom. The summed E-state index contributed by atoms with van der Waals surface area (Å²) in [5.41, 5.74) is 2.42. The Kier molecular flexibility index (Phi) is 2.84. The molecule has 4 aliphatic rings. The fourth-order valence-corrected chi connectivity index (χ4v) is 6.26. The lowest BCUT2D eigenvalue weighted by molar-refractivity contribution is -0.142. The van der Waals surface area contributed by atoms with E-state index < -0.39 is 0 Å². The van der Waals surface area contributed by atoms with Crippen molar-refractivity contribution in [2.75, 3.05) is 0 Å². The molecule has 0 heterocycles. The summed E-state index contributed by atoms with van der Waals surface area (Å²) < 4.78 is 5.76. The average molecular weight is 308 g/mol. The zero-order valence-electron chi connectivity index (χ0n) is 13.9. The maximum atomic E-state index is 12.8. The summed E-state index contributed by atoms with van der Waals surface area (Å²) in [6.07, 6.45) is 8.55. The van der Waals surface area contributed by atoms with Gasteiger partial charge in [-0.1, -0.05) is 18.2 Å². The van der Waals surface area contributed by atoms with Crippen LogP contribution in [-0.4, -0.2) is 5.97 Å². The Hall–Kier alpha value is -1.57. The minimum absolute atomic E-state index is 0.0194. The van der Waals surface area contributed by atoms with Crippen LogP contribution in [0.15, 0.2) is 30.4 Å². The maximum absolute atomic E-state index is 12.8. The van der Waals surface area contributed by atoms with E-state index in [9.17, 15) is 4.79 Å². The molecular formula is C21H24O2. The van der Waals surface area contributed by atoms with E-state index in [0.29, 0.717) is 11.7 Å². The molecule has 1 aromatic carbocycles. The highest BCUT2D eigenvalue weighted by atomic mass is 16.5. The van der Waals surface area contributed by atoms with Crippen LogP contribution in [0.4, 0.5) is 0 Å². The second-order valence-corrected chi connectivity index (χ2v) is 8.27. The molecule has 0 aromatic heterocycles. The molecule has 1 aromatic rings.